The SMILES string of the molecule is CCC(=N)c1ccn(S(=O)(=O)c2ccc(C)cc2)n1. The predicted octanol–water partition coefficient (Wildman–Crippen LogP) is 2.21. The average molecular weight is 277 g/mol. The molecule has 0 saturated carbocycles. The van der Waals surface area contributed by atoms with E-state index in [9.17, 15) is 8.42 Å². The molecule has 0 atom stereocenters. The summed E-state index contributed by atoms with van der Waals surface area (Å²) in [5.41, 5.74) is 1.70. The molecule has 0 aliphatic carbocycles. The summed E-state index contributed by atoms with van der Waals surface area (Å²) in [5.74, 6) is 0. The van der Waals surface area contributed by atoms with Gasteiger partial charge in [0.05, 0.1) is 10.6 Å². The third-order valence-electron chi connectivity index (χ3n) is 2.79. The van der Waals surface area contributed by atoms with Crippen LogP contribution in [0.3, 0.4) is 0 Å². The first-order valence-electron chi connectivity index (χ1n) is 5.91. The molecule has 0 amide bonds. The van der Waals surface area contributed by atoms with Gasteiger partial charge < -0.3 is 5.41 Å². The van der Waals surface area contributed by atoms with Gasteiger partial charge in [-0.3, -0.25) is 0 Å². The van der Waals surface area contributed by atoms with Gasteiger partial charge in [-0.2, -0.15) is 17.6 Å². The topological polar surface area (TPSA) is 75.8 Å². The first-order chi connectivity index (χ1) is 8.95. The Kier molecular flexibility index (Phi) is 3.53. The zero-order valence-electron chi connectivity index (χ0n) is 10.8. The second-order valence-electron chi connectivity index (χ2n) is 4.22. The first-order valence-corrected chi connectivity index (χ1v) is 7.35. The maximum absolute atomic E-state index is 12.3. The lowest BCUT2D eigenvalue weighted by molar-refractivity contribution is 0.580. The van der Waals surface area contributed by atoms with E-state index in [1.165, 1.54) is 12.3 Å². The molecular weight excluding hydrogens is 262 g/mol. The van der Waals surface area contributed by atoms with Crippen LogP contribution in [0.5, 0.6) is 0 Å². The zero-order valence-corrected chi connectivity index (χ0v) is 11.6. The van der Waals surface area contributed by atoms with Gasteiger partial charge in [0.2, 0.25) is 0 Å². The van der Waals surface area contributed by atoms with E-state index >= 15 is 0 Å². The molecule has 0 saturated heterocycles. The van der Waals surface area contributed by atoms with Crippen molar-refractivity contribution < 1.29 is 8.42 Å². The van der Waals surface area contributed by atoms with Crippen molar-refractivity contribution in [2.24, 2.45) is 0 Å². The smallest absolute Gasteiger partial charge is 0.282 e. The molecule has 0 unspecified atom stereocenters. The summed E-state index contributed by atoms with van der Waals surface area (Å²) >= 11 is 0. The lowest BCUT2D eigenvalue weighted by atomic mass is 10.2. The van der Waals surface area contributed by atoms with Crippen molar-refractivity contribution in [3.63, 3.8) is 0 Å². The molecule has 6 heteroatoms. The van der Waals surface area contributed by atoms with Crippen molar-refractivity contribution in [3.8, 4) is 0 Å². The summed E-state index contributed by atoms with van der Waals surface area (Å²) in [4.78, 5) is 0.191. The van der Waals surface area contributed by atoms with Gasteiger partial charge in [0, 0.05) is 6.20 Å². The van der Waals surface area contributed by atoms with Gasteiger partial charge in [0.25, 0.3) is 10.0 Å². The lowest BCUT2D eigenvalue weighted by Gasteiger charge is -2.04. The number of benzene rings is 1. The van der Waals surface area contributed by atoms with Crippen LogP contribution in [0.1, 0.15) is 24.6 Å². The Balaban J connectivity index is 2.42. The van der Waals surface area contributed by atoms with Gasteiger partial charge in [-0.05, 0) is 31.5 Å². The first kappa shape index (κ1) is 13.5. The van der Waals surface area contributed by atoms with Gasteiger partial charge in [-0.25, -0.2) is 0 Å². The van der Waals surface area contributed by atoms with E-state index in [1.54, 1.807) is 24.3 Å². The van der Waals surface area contributed by atoms with Crippen molar-refractivity contribution in [1.82, 2.24) is 9.19 Å². The van der Waals surface area contributed by atoms with E-state index < -0.39 is 10.0 Å². The molecule has 0 fully saturated rings. The highest BCUT2D eigenvalue weighted by Gasteiger charge is 2.18. The fourth-order valence-corrected chi connectivity index (χ4v) is 2.71. The lowest BCUT2D eigenvalue weighted by Crippen LogP contribution is -2.14. The molecule has 100 valence electrons. The molecule has 1 heterocycles. The number of rotatable bonds is 4. The minimum Gasteiger partial charge on any atom is -0.303 e. The highest BCUT2D eigenvalue weighted by Crippen LogP contribution is 2.14. The Morgan fingerprint density at radius 3 is 2.47 bits per heavy atom. The number of nitrogens with one attached hydrogen (secondary N) is 1. The Labute approximate surface area is 112 Å². The van der Waals surface area contributed by atoms with Crippen molar-refractivity contribution in [2.45, 2.75) is 25.2 Å². The Bertz CT molecular complexity index is 700. The molecule has 1 aromatic carbocycles. The third-order valence-corrected chi connectivity index (χ3v) is 4.36. The normalized spacial score (nSPS) is 11.5. The molecule has 2 rings (SSSR count). The van der Waals surface area contributed by atoms with Crippen LogP contribution in [-0.4, -0.2) is 23.3 Å². The molecule has 0 radical (unpaired) electrons. The second-order valence-corrected chi connectivity index (χ2v) is 6.02. The zero-order chi connectivity index (χ0) is 14.0. The molecule has 5 nitrogen and oxygen atoms in total. The molecule has 0 aliphatic heterocycles. The van der Waals surface area contributed by atoms with Crippen molar-refractivity contribution in [3.05, 3.63) is 47.8 Å². The van der Waals surface area contributed by atoms with E-state index in [1.807, 2.05) is 13.8 Å². The quantitative estimate of drug-likeness (QED) is 0.870. The molecule has 19 heavy (non-hydrogen) atoms. The predicted molar refractivity (Wildman–Crippen MR) is 73.1 cm³/mol. The van der Waals surface area contributed by atoms with Crippen LogP contribution in [0, 0.1) is 12.3 Å². The van der Waals surface area contributed by atoms with Crippen LogP contribution in [0.4, 0.5) is 0 Å². The summed E-state index contributed by atoms with van der Waals surface area (Å²) < 4.78 is 25.5. The fraction of sp³-hybridized carbons (Fsp3) is 0.231. The van der Waals surface area contributed by atoms with Crippen LogP contribution in [0.25, 0.3) is 0 Å². The number of hydrogen-bond acceptors (Lipinski definition) is 4. The van der Waals surface area contributed by atoms with E-state index in [-0.39, 0.29) is 4.90 Å². The Morgan fingerprint density at radius 1 is 1.26 bits per heavy atom. The molecule has 1 N–H and O–H groups in total. The van der Waals surface area contributed by atoms with Crippen LogP contribution >= 0.6 is 0 Å². The monoisotopic (exact) mass is 277 g/mol. The van der Waals surface area contributed by atoms with Gasteiger partial charge in [0.1, 0.15) is 5.69 Å². The van der Waals surface area contributed by atoms with Crippen LogP contribution in [-0.2, 0) is 10.0 Å². The Morgan fingerprint density at radius 2 is 1.89 bits per heavy atom. The van der Waals surface area contributed by atoms with Gasteiger partial charge >= 0.3 is 0 Å². The van der Waals surface area contributed by atoms with E-state index in [0.717, 1.165) is 9.65 Å². The van der Waals surface area contributed by atoms with E-state index in [2.05, 4.69) is 5.10 Å². The number of aryl methyl sites for hydroxylation is 1. The van der Waals surface area contributed by atoms with E-state index in [0.29, 0.717) is 17.8 Å². The van der Waals surface area contributed by atoms with Gasteiger partial charge in [-0.1, -0.05) is 24.6 Å². The molecule has 0 aliphatic rings. The average Bonchev–Trinajstić information content (AvgIpc) is 2.88. The maximum atomic E-state index is 12.3. The van der Waals surface area contributed by atoms with Crippen LogP contribution < -0.4 is 0 Å². The summed E-state index contributed by atoms with van der Waals surface area (Å²) in [7, 11) is -3.67. The summed E-state index contributed by atoms with van der Waals surface area (Å²) in [5, 5.41) is 11.6. The number of nitrogens with zero attached hydrogens (tertiary/aromatic N) is 2. The molecule has 1 aromatic heterocycles. The van der Waals surface area contributed by atoms with E-state index in [4.69, 9.17) is 5.41 Å². The summed E-state index contributed by atoms with van der Waals surface area (Å²) in [6.45, 7) is 3.72. The fourth-order valence-electron chi connectivity index (χ4n) is 1.60. The largest absolute Gasteiger partial charge is 0.303 e. The minimum absolute atomic E-state index is 0.191. The highest BCUT2D eigenvalue weighted by molar-refractivity contribution is 7.89. The maximum Gasteiger partial charge on any atom is 0.282 e. The van der Waals surface area contributed by atoms with Crippen LogP contribution in [0.2, 0.25) is 0 Å². The third kappa shape index (κ3) is 2.58. The van der Waals surface area contributed by atoms with Gasteiger partial charge in [0.15, 0.2) is 0 Å². The van der Waals surface area contributed by atoms with Gasteiger partial charge in [-0.15, -0.1) is 0 Å². The molecule has 0 bridgehead atoms. The Hall–Kier alpha value is -1.95. The molecule has 2 aromatic rings. The van der Waals surface area contributed by atoms with Crippen LogP contribution in [0.15, 0.2) is 41.4 Å². The second kappa shape index (κ2) is 4.97. The molecule has 0 spiro atoms. The number of hydrogen-bond donors (Lipinski definition) is 1. The highest BCUT2D eigenvalue weighted by atomic mass is 32.2. The van der Waals surface area contributed by atoms with Crippen molar-refractivity contribution in [2.75, 3.05) is 0 Å². The van der Waals surface area contributed by atoms with Crippen molar-refractivity contribution >= 4 is 15.7 Å². The minimum atomic E-state index is -3.67. The summed E-state index contributed by atoms with van der Waals surface area (Å²) in [6.07, 6.45) is 1.89. The van der Waals surface area contributed by atoms with Crippen molar-refractivity contribution in [1.29, 1.82) is 5.41 Å². The number of aromatic nitrogens is 2. The molecular formula is C13H15N3O2S. The summed E-state index contributed by atoms with van der Waals surface area (Å²) in [6, 6.07) is 8.13. The standard InChI is InChI=1S/C13H15N3O2S/c1-3-12(14)13-8-9-16(15-13)19(17,18)11-6-4-10(2)5-7-11/h4-9,14H,3H2,1-2H3.